The minimum absolute atomic E-state index is 0.412. The van der Waals surface area contributed by atoms with E-state index in [9.17, 15) is 0 Å². The maximum Gasteiger partial charge on any atom is 0.191 e. The van der Waals surface area contributed by atoms with Gasteiger partial charge in [0, 0.05) is 17.1 Å². The average molecular weight is 300 g/mol. The van der Waals surface area contributed by atoms with Gasteiger partial charge in [0.25, 0.3) is 0 Å². The molecule has 1 saturated carbocycles. The van der Waals surface area contributed by atoms with Crippen LogP contribution in [0.2, 0.25) is 10.3 Å². The molecular weight excluding hydrogens is 289 g/mol. The summed E-state index contributed by atoms with van der Waals surface area (Å²) in [6.45, 7) is 0. The summed E-state index contributed by atoms with van der Waals surface area (Å²) in [5, 5.41) is 3.58. The van der Waals surface area contributed by atoms with Crippen molar-refractivity contribution in [2.24, 2.45) is 0 Å². The lowest BCUT2D eigenvalue weighted by Gasteiger charge is -2.12. The summed E-state index contributed by atoms with van der Waals surface area (Å²) in [4.78, 5) is 12.8. The van der Waals surface area contributed by atoms with Gasteiger partial charge in [0.15, 0.2) is 10.8 Å². The summed E-state index contributed by atoms with van der Waals surface area (Å²) in [5.74, 6) is 0.928. The van der Waals surface area contributed by atoms with Gasteiger partial charge in [0.2, 0.25) is 0 Å². The van der Waals surface area contributed by atoms with Crippen molar-refractivity contribution in [3.05, 3.63) is 27.4 Å². The first kappa shape index (κ1) is 12.3. The third-order valence-electron chi connectivity index (χ3n) is 3.24. The normalized spacial score (nSPS) is 16.3. The molecule has 0 saturated heterocycles. The Hall–Kier alpha value is -0.710. The Balaban J connectivity index is 2.03. The molecule has 0 atom stereocenters. The maximum atomic E-state index is 6.27. The van der Waals surface area contributed by atoms with Crippen LogP contribution >= 0.6 is 34.5 Å². The van der Waals surface area contributed by atoms with Crippen molar-refractivity contribution in [3.8, 4) is 10.8 Å². The highest BCUT2D eigenvalue weighted by molar-refractivity contribution is 7.13. The van der Waals surface area contributed by atoms with E-state index in [1.165, 1.54) is 24.2 Å². The van der Waals surface area contributed by atoms with Crippen molar-refractivity contribution < 1.29 is 0 Å². The average Bonchev–Trinajstić information content (AvgIpc) is 3.01. The van der Waals surface area contributed by atoms with Gasteiger partial charge >= 0.3 is 0 Å². The summed E-state index contributed by atoms with van der Waals surface area (Å²) in [6, 6.07) is 0. The van der Waals surface area contributed by atoms with E-state index < -0.39 is 0 Å². The second kappa shape index (κ2) is 5.11. The molecule has 18 heavy (non-hydrogen) atoms. The van der Waals surface area contributed by atoms with Gasteiger partial charge in [-0.1, -0.05) is 36.0 Å². The molecule has 1 aliphatic carbocycles. The first-order chi connectivity index (χ1) is 8.75. The summed E-state index contributed by atoms with van der Waals surface area (Å²) in [6.07, 6.45) is 6.42. The van der Waals surface area contributed by atoms with Gasteiger partial charge in [0.05, 0.1) is 0 Å². The molecule has 0 radical (unpaired) electrons. The first-order valence-corrected chi connectivity index (χ1v) is 7.52. The van der Waals surface area contributed by atoms with Crippen LogP contribution in [-0.2, 0) is 0 Å². The highest BCUT2D eigenvalue weighted by Crippen LogP contribution is 2.40. The quantitative estimate of drug-likeness (QED) is 0.763. The molecule has 1 fully saturated rings. The van der Waals surface area contributed by atoms with Crippen LogP contribution < -0.4 is 0 Å². The van der Waals surface area contributed by atoms with Crippen LogP contribution in [0.25, 0.3) is 10.8 Å². The molecule has 0 aromatic carbocycles. The van der Waals surface area contributed by atoms with Gasteiger partial charge in [-0.2, -0.15) is 0 Å². The van der Waals surface area contributed by atoms with Gasteiger partial charge in [0.1, 0.15) is 10.3 Å². The Morgan fingerprint density at radius 1 is 1.11 bits per heavy atom. The van der Waals surface area contributed by atoms with Crippen molar-refractivity contribution in [1.82, 2.24) is 15.0 Å². The van der Waals surface area contributed by atoms with Crippen molar-refractivity contribution in [1.29, 1.82) is 0 Å². The Kier molecular flexibility index (Phi) is 3.50. The topological polar surface area (TPSA) is 38.7 Å². The number of hydrogen-bond acceptors (Lipinski definition) is 4. The predicted octanol–water partition coefficient (Wildman–Crippen LogP) is 4.56. The number of hydrogen-bond donors (Lipinski definition) is 0. The van der Waals surface area contributed by atoms with Gasteiger partial charge < -0.3 is 0 Å². The Morgan fingerprint density at radius 3 is 2.33 bits per heavy atom. The van der Waals surface area contributed by atoms with Crippen molar-refractivity contribution in [2.45, 2.75) is 31.6 Å². The second-order valence-electron chi connectivity index (χ2n) is 4.36. The van der Waals surface area contributed by atoms with E-state index in [0.29, 0.717) is 22.0 Å². The standard InChI is InChI=1S/C12H11Cl2N3S/c13-9-8(7-3-1-2-4-7)10(14)17-11(16-9)12-15-5-6-18-12/h5-7H,1-4H2. The molecule has 0 N–H and O–H groups in total. The zero-order chi connectivity index (χ0) is 12.5. The third-order valence-corrected chi connectivity index (χ3v) is 4.58. The van der Waals surface area contributed by atoms with E-state index in [1.54, 1.807) is 6.20 Å². The van der Waals surface area contributed by atoms with E-state index in [1.807, 2.05) is 5.38 Å². The van der Waals surface area contributed by atoms with Gasteiger partial charge in [-0.25, -0.2) is 15.0 Å². The lowest BCUT2D eigenvalue weighted by atomic mass is 10.0. The van der Waals surface area contributed by atoms with Crippen LogP contribution in [0.5, 0.6) is 0 Å². The second-order valence-corrected chi connectivity index (χ2v) is 5.97. The number of rotatable bonds is 2. The molecule has 0 spiro atoms. The monoisotopic (exact) mass is 299 g/mol. The number of halogens is 2. The maximum absolute atomic E-state index is 6.27. The minimum Gasteiger partial charge on any atom is -0.241 e. The first-order valence-electron chi connectivity index (χ1n) is 5.88. The van der Waals surface area contributed by atoms with Crippen LogP contribution in [0.4, 0.5) is 0 Å². The van der Waals surface area contributed by atoms with Gasteiger partial charge in [-0.3, -0.25) is 0 Å². The summed E-state index contributed by atoms with van der Waals surface area (Å²) < 4.78 is 0. The molecule has 3 rings (SSSR count). The summed E-state index contributed by atoms with van der Waals surface area (Å²) in [5.41, 5.74) is 0.913. The lowest BCUT2D eigenvalue weighted by molar-refractivity contribution is 0.715. The zero-order valence-electron chi connectivity index (χ0n) is 9.57. The molecule has 0 unspecified atom stereocenters. The molecule has 1 aliphatic rings. The van der Waals surface area contributed by atoms with E-state index >= 15 is 0 Å². The molecule has 0 amide bonds. The molecule has 2 aromatic heterocycles. The fourth-order valence-corrected chi connectivity index (χ4v) is 3.66. The smallest absolute Gasteiger partial charge is 0.191 e. The Labute approximate surface area is 119 Å². The minimum atomic E-state index is 0.412. The summed E-state index contributed by atoms with van der Waals surface area (Å²) >= 11 is 14.0. The summed E-state index contributed by atoms with van der Waals surface area (Å²) in [7, 11) is 0. The van der Waals surface area contributed by atoms with E-state index in [-0.39, 0.29) is 0 Å². The zero-order valence-corrected chi connectivity index (χ0v) is 11.9. The Morgan fingerprint density at radius 2 is 1.78 bits per heavy atom. The fourth-order valence-electron chi connectivity index (χ4n) is 2.40. The van der Waals surface area contributed by atoms with Crippen molar-refractivity contribution in [2.75, 3.05) is 0 Å². The molecule has 94 valence electrons. The van der Waals surface area contributed by atoms with Gasteiger partial charge in [-0.05, 0) is 18.8 Å². The lowest BCUT2D eigenvalue weighted by Crippen LogP contribution is -2.01. The van der Waals surface area contributed by atoms with E-state index in [0.717, 1.165) is 23.4 Å². The predicted molar refractivity (Wildman–Crippen MR) is 74.4 cm³/mol. The van der Waals surface area contributed by atoms with Crippen LogP contribution in [0, 0.1) is 0 Å². The van der Waals surface area contributed by atoms with E-state index in [4.69, 9.17) is 23.2 Å². The molecule has 2 heterocycles. The number of thiazole rings is 1. The fraction of sp³-hybridized carbons (Fsp3) is 0.417. The van der Waals surface area contributed by atoms with Crippen molar-refractivity contribution >= 4 is 34.5 Å². The highest BCUT2D eigenvalue weighted by atomic mass is 35.5. The molecule has 0 aliphatic heterocycles. The largest absolute Gasteiger partial charge is 0.241 e. The third kappa shape index (κ3) is 2.25. The molecule has 0 bridgehead atoms. The highest BCUT2D eigenvalue weighted by Gasteiger charge is 2.24. The van der Waals surface area contributed by atoms with Crippen molar-refractivity contribution in [3.63, 3.8) is 0 Å². The molecule has 2 aromatic rings. The van der Waals surface area contributed by atoms with Crippen LogP contribution in [0.15, 0.2) is 11.6 Å². The molecule has 3 nitrogen and oxygen atoms in total. The molecular formula is C12H11Cl2N3S. The molecule has 6 heteroatoms. The van der Waals surface area contributed by atoms with Crippen LogP contribution in [0.3, 0.4) is 0 Å². The SMILES string of the molecule is Clc1nc(-c2nccs2)nc(Cl)c1C1CCCC1. The number of nitrogens with zero attached hydrogens (tertiary/aromatic N) is 3. The van der Waals surface area contributed by atoms with Crippen LogP contribution in [-0.4, -0.2) is 15.0 Å². The van der Waals surface area contributed by atoms with Crippen LogP contribution in [0.1, 0.15) is 37.2 Å². The number of aromatic nitrogens is 3. The van der Waals surface area contributed by atoms with E-state index in [2.05, 4.69) is 15.0 Å². The van der Waals surface area contributed by atoms with Gasteiger partial charge in [-0.15, -0.1) is 11.3 Å². The Bertz CT molecular complexity index is 527.